The van der Waals surface area contributed by atoms with Crippen LogP contribution in [0.15, 0.2) is 60.7 Å². The monoisotopic (exact) mass is 386 g/mol. The first-order valence-electron chi connectivity index (χ1n) is 9.22. The summed E-state index contributed by atoms with van der Waals surface area (Å²) in [6, 6.07) is 13.2. The van der Waals surface area contributed by atoms with E-state index in [4.69, 9.17) is 14.6 Å². The fourth-order valence-corrected chi connectivity index (χ4v) is 3.25. The number of halogens is 1. The van der Waals surface area contributed by atoms with Crippen LogP contribution in [0.5, 0.6) is 5.75 Å². The predicted octanol–water partition coefficient (Wildman–Crippen LogP) is 4.75. The number of carbonyl (C=O) groups is 1. The van der Waals surface area contributed by atoms with Crippen LogP contribution >= 0.6 is 0 Å². The van der Waals surface area contributed by atoms with Gasteiger partial charge < -0.3 is 19.7 Å². The molecule has 3 rings (SSSR count). The van der Waals surface area contributed by atoms with E-state index in [1.54, 1.807) is 36.4 Å². The molecule has 2 aromatic carbocycles. The molecule has 0 aromatic heterocycles. The van der Waals surface area contributed by atoms with Crippen molar-refractivity contribution in [3.8, 4) is 5.75 Å². The lowest BCUT2D eigenvalue weighted by Crippen LogP contribution is -2.30. The predicted molar refractivity (Wildman–Crippen MR) is 101 cm³/mol. The SMILES string of the molecule is O=C(O)CC/C=C\C[C@@H]1COC(c2ccccc2F)O[C@@H]1c1ccccc1O. The van der Waals surface area contributed by atoms with Crippen LogP contribution in [-0.2, 0) is 14.3 Å². The summed E-state index contributed by atoms with van der Waals surface area (Å²) in [5.74, 6) is -1.23. The number of carboxylic acid groups (broad SMARTS) is 1. The van der Waals surface area contributed by atoms with Crippen molar-refractivity contribution in [2.24, 2.45) is 5.92 Å². The summed E-state index contributed by atoms with van der Waals surface area (Å²) in [4.78, 5) is 10.6. The number of rotatable bonds is 7. The normalized spacial score (nSPS) is 22.4. The van der Waals surface area contributed by atoms with Gasteiger partial charge in [-0.05, 0) is 25.0 Å². The molecule has 1 heterocycles. The van der Waals surface area contributed by atoms with Crippen LogP contribution in [0.3, 0.4) is 0 Å². The van der Waals surface area contributed by atoms with Crippen LogP contribution in [-0.4, -0.2) is 22.8 Å². The quantitative estimate of drug-likeness (QED) is 0.672. The van der Waals surface area contributed by atoms with Crippen LogP contribution in [0.4, 0.5) is 4.39 Å². The van der Waals surface area contributed by atoms with E-state index in [2.05, 4.69) is 0 Å². The highest BCUT2D eigenvalue weighted by Gasteiger charge is 2.35. The van der Waals surface area contributed by atoms with Gasteiger partial charge in [0.15, 0.2) is 6.29 Å². The molecular formula is C22H23FO5. The molecule has 5 nitrogen and oxygen atoms in total. The number of allylic oxidation sites excluding steroid dienone is 2. The van der Waals surface area contributed by atoms with Crippen LogP contribution < -0.4 is 0 Å². The van der Waals surface area contributed by atoms with E-state index in [0.29, 0.717) is 30.6 Å². The second-order valence-electron chi connectivity index (χ2n) is 6.70. The van der Waals surface area contributed by atoms with Crippen LogP contribution in [0, 0.1) is 11.7 Å². The lowest BCUT2D eigenvalue weighted by Gasteiger charge is -2.37. The zero-order chi connectivity index (χ0) is 19.9. The number of phenolic OH excluding ortho intramolecular Hbond substituents is 1. The molecule has 0 radical (unpaired) electrons. The minimum atomic E-state index is -0.863. The summed E-state index contributed by atoms with van der Waals surface area (Å²) in [5, 5.41) is 19.0. The molecule has 0 bridgehead atoms. The molecular weight excluding hydrogens is 363 g/mol. The van der Waals surface area contributed by atoms with Gasteiger partial charge in [-0.2, -0.15) is 0 Å². The fraction of sp³-hybridized carbons (Fsp3) is 0.318. The molecule has 2 aromatic rings. The van der Waals surface area contributed by atoms with Gasteiger partial charge in [-0.3, -0.25) is 4.79 Å². The van der Waals surface area contributed by atoms with Gasteiger partial charge in [0.2, 0.25) is 0 Å². The number of hydrogen-bond acceptors (Lipinski definition) is 4. The topological polar surface area (TPSA) is 76.0 Å². The number of hydrogen-bond donors (Lipinski definition) is 2. The Morgan fingerprint density at radius 2 is 1.82 bits per heavy atom. The van der Waals surface area contributed by atoms with Gasteiger partial charge >= 0.3 is 5.97 Å². The molecule has 0 spiro atoms. The van der Waals surface area contributed by atoms with E-state index in [1.807, 2.05) is 18.2 Å². The Morgan fingerprint density at radius 1 is 1.11 bits per heavy atom. The number of aromatic hydroxyl groups is 1. The van der Waals surface area contributed by atoms with Crippen molar-refractivity contribution in [2.45, 2.75) is 31.7 Å². The third-order valence-corrected chi connectivity index (χ3v) is 4.69. The van der Waals surface area contributed by atoms with E-state index in [9.17, 15) is 14.3 Å². The van der Waals surface area contributed by atoms with Gasteiger partial charge in [0.25, 0.3) is 0 Å². The molecule has 1 saturated heterocycles. The molecule has 1 aliphatic heterocycles. The van der Waals surface area contributed by atoms with Gasteiger partial charge in [-0.1, -0.05) is 48.6 Å². The maximum atomic E-state index is 14.2. The van der Waals surface area contributed by atoms with Crippen LogP contribution in [0.25, 0.3) is 0 Å². The Labute approximate surface area is 163 Å². The summed E-state index contributed by atoms with van der Waals surface area (Å²) >= 11 is 0. The van der Waals surface area contributed by atoms with E-state index >= 15 is 0 Å². The lowest BCUT2D eigenvalue weighted by molar-refractivity contribution is -0.245. The second-order valence-corrected chi connectivity index (χ2v) is 6.70. The number of aliphatic carboxylic acids is 1. The summed E-state index contributed by atoms with van der Waals surface area (Å²) in [7, 11) is 0. The molecule has 148 valence electrons. The van der Waals surface area contributed by atoms with E-state index in [1.165, 1.54) is 6.07 Å². The molecule has 1 aliphatic rings. The highest BCUT2D eigenvalue weighted by Crippen LogP contribution is 2.42. The van der Waals surface area contributed by atoms with Crippen molar-refractivity contribution in [2.75, 3.05) is 6.61 Å². The Balaban J connectivity index is 1.77. The Kier molecular flexibility index (Phi) is 6.79. The van der Waals surface area contributed by atoms with Gasteiger partial charge in [0.1, 0.15) is 11.6 Å². The summed E-state index contributed by atoms with van der Waals surface area (Å²) in [6.07, 6.45) is 3.48. The molecule has 6 heteroatoms. The summed E-state index contributed by atoms with van der Waals surface area (Å²) < 4.78 is 26.0. The highest BCUT2D eigenvalue weighted by atomic mass is 19.1. The first-order valence-corrected chi connectivity index (χ1v) is 9.22. The highest BCUT2D eigenvalue weighted by molar-refractivity contribution is 5.66. The minimum Gasteiger partial charge on any atom is -0.508 e. The zero-order valence-corrected chi connectivity index (χ0v) is 15.3. The molecule has 28 heavy (non-hydrogen) atoms. The van der Waals surface area contributed by atoms with Crippen molar-refractivity contribution >= 4 is 5.97 Å². The molecule has 0 saturated carbocycles. The van der Waals surface area contributed by atoms with E-state index in [0.717, 1.165) is 0 Å². The maximum Gasteiger partial charge on any atom is 0.303 e. The number of carboxylic acids is 1. The van der Waals surface area contributed by atoms with Crippen LogP contribution in [0.1, 0.15) is 42.8 Å². The number of ether oxygens (including phenoxy) is 2. The molecule has 0 aliphatic carbocycles. The van der Waals surface area contributed by atoms with Gasteiger partial charge in [-0.15, -0.1) is 0 Å². The third-order valence-electron chi connectivity index (χ3n) is 4.69. The van der Waals surface area contributed by atoms with Gasteiger partial charge in [0.05, 0.1) is 12.7 Å². The molecule has 1 unspecified atom stereocenters. The Bertz CT molecular complexity index is 835. The van der Waals surface area contributed by atoms with Crippen molar-refractivity contribution < 1.29 is 28.9 Å². The van der Waals surface area contributed by atoms with Gasteiger partial charge in [0, 0.05) is 23.5 Å². The smallest absolute Gasteiger partial charge is 0.303 e. The number of para-hydroxylation sites is 1. The van der Waals surface area contributed by atoms with Crippen molar-refractivity contribution in [1.29, 1.82) is 0 Å². The largest absolute Gasteiger partial charge is 0.508 e. The first kappa shape index (κ1) is 20.0. The summed E-state index contributed by atoms with van der Waals surface area (Å²) in [6.45, 7) is 0.321. The maximum absolute atomic E-state index is 14.2. The van der Waals surface area contributed by atoms with Crippen molar-refractivity contribution in [3.63, 3.8) is 0 Å². The zero-order valence-electron chi connectivity index (χ0n) is 15.3. The average molecular weight is 386 g/mol. The summed E-state index contributed by atoms with van der Waals surface area (Å²) in [5.41, 5.74) is 0.939. The third kappa shape index (κ3) is 4.97. The fourth-order valence-electron chi connectivity index (χ4n) is 3.25. The molecule has 3 atom stereocenters. The molecule has 0 amide bonds. The molecule has 2 N–H and O–H groups in total. The van der Waals surface area contributed by atoms with Crippen LogP contribution in [0.2, 0.25) is 0 Å². The first-order chi connectivity index (χ1) is 13.6. The lowest BCUT2D eigenvalue weighted by atomic mass is 9.91. The molecule has 1 fully saturated rings. The van der Waals surface area contributed by atoms with E-state index in [-0.39, 0.29) is 18.1 Å². The van der Waals surface area contributed by atoms with Gasteiger partial charge in [-0.25, -0.2) is 4.39 Å². The number of phenols is 1. The Morgan fingerprint density at radius 3 is 2.54 bits per heavy atom. The van der Waals surface area contributed by atoms with E-state index < -0.39 is 24.2 Å². The Hall–Kier alpha value is -2.70. The minimum absolute atomic E-state index is 0.0758. The number of benzene rings is 2. The standard InChI is InChI=1S/C22H23FO5/c23-18-11-6-4-9-16(18)22-27-14-15(8-2-1-3-13-20(25)26)21(28-22)17-10-5-7-12-19(17)24/h1-2,4-7,9-12,15,21-22,24H,3,8,13-14H2,(H,25,26)/b2-1-/t15-,21+,22?/m1/s1. The van der Waals surface area contributed by atoms with Crippen molar-refractivity contribution in [1.82, 2.24) is 0 Å². The average Bonchev–Trinajstić information content (AvgIpc) is 2.68. The second kappa shape index (κ2) is 9.48. The van der Waals surface area contributed by atoms with Crippen molar-refractivity contribution in [3.05, 3.63) is 77.6 Å².